The Balaban J connectivity index is 1.95. The molecule has 0 bridgehead atoms. The molecule has 0 fully saturated rings. The molecule has 7 nitrogen and oxygen atoms in total. The van der Waals surface area contributed by atoms with Gasteiger partial charge < -0.3 is 15.4 Å². The first-order valence-corrected chi connectivity index (χ1v) is 8.81. The van der Waals surface area contributed by atoms with Crippen LogP contribution in [0.15, 0.2) is 42.6 Å². The van der Waals surface area contributed by atoms with Crippen molar-refractivity contribution in [3.63, 3.8) is 0 Å². The number of nitrogens with one attached hydrogen (secondary N) is 2. The first kappa shape index (κ1) is 21.9. The van der Waals surface area contributed by atoms with Crippen LogP contribution in [0.1, 0.15) is 18.2 Å². The Morgan fingerprint density at radius 2 is 1.79 bits per heavy atom. The number of benzene rings is 1. The number of ether oxygens (including phenoxy) is 1. The van der Waals surface area contributed by atoms with Crippen LogP contribution in [0, 0.1) is 11.6 Å². The summed E-state index contributed by atoms with van der Waals surface area (Å²) in [6, 6.07) is 5.96. The molecule has 1 aromatic carbocycles. The zero-order chi connectivity index (χ0) is 21.4. The molecule has 1 aromatic heterocycles. The van der Waals surface area contributed by atoms with Gasteiger partial charge in [-0.1, -0.05) is 6.07 Å². The molecule has 2 amide bonds. The van der Waals surface area contributed by atoms with Crippen molar-refractivity contribution in [3.05, 3.63) is 65.5 Å². The lowest BCUT2D eigenvalue weighted by Gasteiger charge is -2.20. The minimum Gasteiger partial charge on any atom is -0.467 e. The Labute approximate surface area is 166 Å². The normalized spacial score (nSPS) is 12.6. The molecule has 2 aromatic rings. The van der Waals surface area contributed by atoms with Gasteiger partial charge in [-0.05, 0) is 36.8 Å². The lowest BCUT2D eigenvalue weighted by Crippen LogP contribution is -2.51. The molecule has 1 heterocycles. The highest BCUT2D eigenvalue weighted by Gasteiger charge is 2.25. The van der Waals surface area contributed by atoms with Gasteiger partial charge in [0, 0.05) is 24.4 Å². The molecule has 0 aliphatic carbocycles. The number of hydrogen-bond acceptors (Lipinski definition) is 5. The number of pyridine rings is 1. The van der Waals surface area contributed by atoms with Crippen molar-refractivity contribution < 1.29 is 27.9 Å². The van der Waals surface area contributed by atoms with E-state index in [1.54, 1.807) is 24.4 Å². The maximum Gasteiger partial charge on any atom is 0.328 e. The molecule has 0 spiro atoms. The number of methoxy groups -OCH3 is 1. The van der Waals surface area contributed by atoms with E-state index in [-0.39, 0.29) is 18.4 Å². The van der Waals surface area contributed by atoms with Crippen molar-refractivity contribution in [1.29, 1.82) is 0 Å². The minimum absolute atomic E-state index is 0.114. The summed E-state index contributed by atoms with van der Waals surface area (Å²) in [5.41, 5.74) is 0.711. The largest absolute Gasteiger partial charge is 0.467 e. The monoisotopic (exact) mass is 405 g/mol. The van der Waals surface area contributed by atoms with Gasteiger partial charge in [0.15, 0.2) is 0 Å². The van der Waals surface area contributed by atoms with Gasteiger partial charge in [-0.25, -0.2) is 13.6 Å². The van der Waals surface area contributed by atoms with Gasteiger partial charge >= 0.3 is 5.97 Å². The zero-order valence-corrected chi connectivity index (χ0v) is 15.9. The molecule has 2 atom stereocenters. The van der Waals surface area contributed by atoms with Crippen LogP contribution in [0.4, 0.5) is 8.78 Å². The lowest BCUT2D eigenvalue weighted by molar-refractivity contribution is -0.145. The summed E-state index contributed by atoms with van der Waals surface area (Å²) in [4.78, 5) is 40.6. The third-order valence-electron chi connectivity index (χ3n) is 4.00. The standard InChI is InChI=1S/C20H21F2N3O4/c1-12(24-18(26)9-13-7-14(21)10-15(22)8-13)19(27)25-17(20(28)29-2)11-16-5-3-4-6-23-16/h3-8,10,12,17H,9,11H2,1-2H3,(H,24,26)(H,25,27)/t12-,17-/m0/s1. The first-order valence-electron chi connectivity index (χ1n) is 8.81. The Bertz CT molecular complexity index is 857. The Hall–Kier alpha value is -3.36. The third-order valence-corrected chi connectivity index (χ3v) is 4.00. The number of aromatic nitrogens is 1. The van der Waals surface area contributed by atoms with Gasteiger partial charge in [0.2, 0.25) is 11.8 Å². The molecule has 2 rings (SSSR count). The smallest absolute Gasteiger partial charge is 0.328 e. The number of rotatable bonds is 8. The van der Waals surface area contributed by atoms with E-state index in [2.05, 4.69) is 15.6 Å². The molecule has 0 saturated heterocycles. The van der Waals surface area contributed by atoms with E-state index in [0.717, 1.165) is 12.1 Å². The fourth-order valence-electron chi connectivity index (χ4n) is 2.62. The second-order valence-corrected chi connectivity index (χ2v) is 6.35. The molecule has 2 N–H and O–H groups in total. The fraction of sp³-hybridized carbons (Fsp3) is 0.300. The molecule has 0 aliphatic rings. The average molecular weight is 405 g/mol. The van der Waals surface area contributed by atoms with Crippen LogP contribution in [0.25, 0.3) is 0 Å². The quantitative estimate of drug-likeness (QED) is 0.646. The van der Waals surface area contributed by atoms with E-state index in [0.29, 0.717) is 11.8 Å². The number of carbonyl (C=O) groups excluding carboxylic acids is 3. The van der Waals surface area contributed by atoms with Crippen LogP contribution in [-0.2, 0) is 32.0 Å². The van der Waals surface area contributed by atoms with Crippen LogP contribution in [0.2, 0.25) is 0 Å². The molecule has 154 valence electrons. The van der Waals surface area contributed by atoms with Gasteiger partial charge in [0.25, 0.3) is 0 Å². The highest BCUT2D eigenvalue weighted by atomic mass is 19.1. The Morgan fingerprint density at radius 1 is 1.10 bits per heavy atom. The molecular formula is C20H21F2N3O4. The summed E-state index contributed by atoms with van der Waals surface area (Å²) >= 11 is 0. The molecule has 29 heavy (non-hydrogen) atoms. The van der Waals surface area contributed by atoms with Crippen LogP contribution in [0.3, 0.4) is 0 Å². The maximum atomic E-state index is 13.2. The number of halogens is 2. The van der Waals surface area contributed by atoms with Crippen LogP contribution in [-0.4, -0.2) is 42.0 Å². The van der Waals surface area contributed by atoms with Crippen LogP contribution < -0.4 is 10.6 Å². The summed E-state index contributed by atoms with van der Waals surface area (Å²) < 4.78 is 31.1. The highest BCUT2D eigenvalue weighted by molar-refractivity contribution is 5.91. The van der Waals surface area contributed by atoms with Crippen molar-refractivity contribution in [2.24, 2.45) is 0 Å². The summed E-state index contributed by atoms with van der Waals surface area (Å²) in [6.45, 7) is 1.43. The third kappa shape index (κ3) is 6.95. The van der Waals surface area contributed by atoms with Gasteiger partial charge in [0.05, 0.1) is 13.5 Å². The summed E-state index contributed by atoms with van der Waals surface area (Å²) in [5, 5.41) is 4.94. The highest BCUT2D eigenvalue weighted by Crippen LogP contribution is 2.09. The number of hydrogen-bond donors (Lipinski definition) is 2. The maximum absolute atomic E-state index is 13.2. The van der Waals surface area contributed by atoms with E-state index in [1.165, 1.54) is 14.0 Å². The summed E-state index contributed by atoms with van der Waals surface area (Å²) in [6.07, 6.45) is 1.37. The van der Waals surface area contributed by atoms with Crippen LogP contribution in [0.5, 0.6) is 0 Å². The lowest BCUT2D eigenvalue weighted by atomic mass is 10.1. The van der Waals surface area contributed by atoms with Crippen molar-refractivity contribution in [2.75, 3.05) is 7.11 Å². The van der Waals surface area contributed by atoms with Crippen molar-refractivity contribution in [3.8, 4) is 0 Å². The molecule has 0 aliphatic heterocycles. The van der Waals surface area contributed by atoms with Gasteiger partial charge in [-0.2, -0.15) is 0 Å². The predicted octanol–water partition coefficient (Wildman–Crippen LogP) is 1.31. The van der Waals surface area contributed by atoms with E-state index in [4.69, 9.17) is 4.74 Å². The predicted molar refractivity (Wildman–Crippen MR) is 99.6 cm³/mol. The molecule has 0 saturated carbocycles. The van der Waals surface area contributed by atoms with E-state index >= 15 is 0 Å². The Morgan fingerprint density at radius 3 is 2.38 bits per heavy atom. The van der Waals surface area contributed by atoms with Gasteiger partial charge in [-0.3, -0.25) is 14.6 Å². The molecule has 0 unspecified atom stereocenters. The van der Waals surface area contributed by atoms with E-state index in [9.17, 15) is 23.2 Å². The molecule has 0 radical (unpaired) electrons. The number of carbonyl (C=O) groups is 3. The second kappa shape index (κ2) is 10.3. The van der Waals surface area contributed by atoms with Crippen molar-refractivity contribution in [1.82, 2.24) is 15.6 Å². The summed E-state index contributed by atoms with van der Waals surface area (Å²) in [5.74, 6) is -3.46. The summed E-state index contributed by atoms with van der Waals surface area (Å²) in [7, 11) is 1.20. The number of amides is 2. The second-order valence-electron chi connectivity index (χ2n) is 6.35. The zero-order valence-electron chi connectivity index (χ0n) is 15.9. The van der Waals surface area contributed by atoms with E-state index in [1.807, 2.05) is 0 Å². The number of esters is 1. The van der Waals surface area contributed by atoms with Gasteiger partial charge in [-0.15, -0.1) is 0 Å². The molecule has 9 heteroatoms. The minimum atomic E-state index is -0.989. The van der Waals surface area contributed by atoms with E-state index < -0.39 is 41.5 Å². The molecular weight excluding hydrogens is 384 g/mol. The number of nitrogens with zero attached hydrogens (tertiary/aromatic N) is 1. The van der Waals surface area contributed by atoms with Crippen LogP contribution >= 0.6 is 0 Å². The van der Waals surface area contributed by atoms with Crippen molar-refractivity contribution >= 4 is 17.8 Å². The van der Waals surface area contributed by atoms with Gasteiger partial charge in [0.1, 0.15) is 23.7 Å². The first-order chi connectivity index (χ1) is 13.8. The fourth-order valence-corrected chi connectivity index (χ4v) is 2.62. The topological polar surface area (TPSA) is 97.4 Å². The average Bonchev–Trinajstić information content (AvgIpc) is 2.66. The Kier molecular flexibility index (Phi) is 7.76. The SMILES string of the molecule is COC(=O)[C@H](Cc1ccccn1)NC(=O)[C@H](C)NC(=O)Cc1cc(F)cc(F)c1. The van der Waals surface area contributed by atoms with Crippen molar-refractivity contribution in [2.45, 2.75) is 31.8 Å².